The average molecular weight is 283 g/mol. The normalized spacial score (nSPS) is 18.3. The Kier molecular flexibility index (Phi) is 3.77. The van der Waals surface area contributed by atoms with Gasteiger partial charge in [-0.15, -0.1) is 0 Å². The van der Waals surface area contributed by atoms with Crippen LogP contribution in [-0.2, 0) is 10.0 Å². The van der Waals surface area contributed by atoms with Crippen LogP contribution in [0.25, 0.3) is 0 Å². The molecule has 6 nitrogen and oxygen atoms in total. The standard InChI is InChI=1S/C12H17N3O3S/c1-8-4-2-3-5-10(8)19(17,18)15-11(9-6-7-9)12(13)14-16/h2-5,9,11,15-16H,6-7H2,1H3,(H2,13,14). The van der Waals surface area contributed by atoms with Gasteiger partial charge in [-0.05, 0) is 37.3 Å². The van der Waals surface area contributed by atoms with Crippen molar-refractivity contribution in [1.29, 1.82) is 0 Å². The Labute approximate surface area is 112 Å². The van der Waals surface area contributed by atoms with Gasteiger partial charge >= 0.3 is 0 Å². The number of sulfonamides is 1. The zero-order valence-corrected chi connectivity index (χ0v) is 11.4. The van der Waals surface area contributed by atoms with Gasteiger partial charge in [-0.1, -0.05) is 23.4 Å². The summed E-state index contributed by atoms with van der Waals surface area (Å²) in [4.78, 5) is 0.214. The molecule has 0 radical (unpaired) electrons. The first kappa shape index (κ1) is 13.8. The van der Waals surface area contributed by atoms with Crippen molar-refractivity contribution in [2.24, 2.45) is 16.8 Å². The molecule has 0 saturated heterocycles. The summed E-state index contributed by atoms with van der Waals surface area (Å²) in [5, 5.41) is 11.6. The van der Waals surface area contributed by atoms with Gasteiger partial charge in [0.1, 0.15) is 0 Å². The molecule has 19 heavy (non-hydrogen) atoms. The highest BCUT2D eigenvalue weighted by Crippen LogP contribution is 2.33. The van der Waals surface area contributed by atoms with Crippen LogP contribution in [0.1, 0.15) is 18.4 Å². The van der Waals surface area contributed by atoms with E-state index in [9.17, 15) is 8.42 Å². The van der Waals surface area contributed by atoms with Crippen LogP contribution in [0.5, 0.6) is 0 Å². The molecule has 1 aliphatic rings. The molecular formula is C12H17N3O3S. The van der Waals surface area contributed by atoms with Crippen LogP contribution in [0.3, 0.4) is 0 Å². The second-order valence-electron chi connectivity index (χ2n) is 4.73. The fourth-order valence-electron chi connectivity index (χ4n) is 1.98. The molecule has 0 heterocycles. The van der Waals surface area contributed by atoms with E-state index in [4.69, 9.17) is 10.9 Å². The summed E-state index contributed by atoms with van der Waals surface area (Å²) in [6.07, 6.45) is 1.74. The van der Waals surface area contributed by atoms with E-state index in [-0.39, 0.29) is 16.6 Å². The number of oxime groups is 1. The fourth-order valence-corrected chi connectivity index (χ4v) is 3.50. The number of hydrogen-bond donors (Lipinski definition) is 3. The van der Waals surface area contributed by atoms with Crippen molar-refractivity contribution in [3.63, 3.8) is 0 Å². The van der Waals surface area contributed by atoms with Crippen molar-refractivity contribution in [2.75, 3.05) is 0 Å². The maximum atomic E-state index is 12.3. The van der Waals surface area contributed by atoms with Crippen LogP contribution in [0.2, 0.25) is 0 Å². The zero-order valence-electron chi connectivity index (χ0n) is 10.6. The van der Waals surface area contributed by atoms with E-state index in [1.807, 2.05) is 0 Å². The van der Waals surface area contributed by atoms with Gasteiger partial charge in [-0.2, -0.15) is 0 Å². The van der Waals surface area contributed by atoms with Crippen molar-refractivity contribution in [1.82, 2.24) is 4.72 Å². The Balaban J connectivity index is 2.28. The minimum atomic E-state index is -3.67. The molecule has 0 spiro atoms. The summed E-state index contributed by atoms with van der Waals surface area (Å²) in [6.45, 7) is 1.73. The van der Waals surface area contributed by atoms with Crippen molar-refractivity contribution in [3.8, 4) is 0 Å². The highest BCUT2D eigenvalue weighted by molar-refractivity contribution is 7.89. The van der Waals surface area contributed by atoms with Crippen LogP contribution in [0.4, 0.5) is 0 Å². The molecule has 104 valence electrons. The summed E-state index contributed by atoms with van der Waals surface area (Å²) in [5.74, 6) is 0.00866. The molecule has 0 amide bonds. The first-order chi connectivity index (χ1) is 8.95. The smallest absolute Gasteiger partial charge is 0.241 e. The second-order valence-corrected chi connectivity index (χ2v) is 6.41. The number of rotatable bonds is 5. The van der Waals surface area contributed by atoms with E-state index in [1.54, 1.807) is 25.1 Å². The molecule has 1 aromatic rings. The molecule has 0 aromatic heterocycles. The van der Waals surface area contributed by atoms with E-state index in [0.717, 1.165) is 12.8 Å². The molecule has 1 fully saturated rings. The van der Waals surface area contributed by atoms with Crippen molar-refractivity contribution in [3.05, 3.63) is 29.8 Å². The van der Waals surface area contributed by atoms with E-state index >= 15 is 0 Å². The Morgan fingerprint density at radius 2 is 2.11 bits per heavy atom. The molecule has 1 saturated carbocycles. The molecular weight excluding hydrogens is 266 g/mol. The predicted molar refractivity (Wildman–Crippen MR) is 71.4 cm³/mol. The second kappa shape index (κ2) is 5.18. The Bertz CT molecular complexity index is 594. The van der Waals surface area contributed by atoms with Gasteiger partial charge in [0, 0.05) is 0 Å². The first-order valence-corrected chi connectivity index (χ1v) is 7.49. The largest absolute Gasteiger partial charge is 0.409 e. The highest BCUT2D eigenvalue weighted by atomic mass is 32.2. The third-order valence-corrected chi connectivity index (χ3v) is 4.79. The van der Waals surface area contributed by atoms with Crippen LogP contribution < -0.4 is 10.5 Å². The topological polar surface area (TPSA) is 105 Å². The van der Waals surface area contributed by atoms with E-state index in [2.05, 4.69) is 9.88 Å². The van der Waals surface area contributed by atoms with Crippen LogP contribution in [0, 0.1) is 12.8 Å². The minimum absolute atomic E-state index is 0.0975. The molecule has 1 aliphatic carbocycles. The Hall–Kier alpha value is -1.60. The monoisotopic (exact) mass is 283 g/mol. The maximum Gasteiger partial charge on any atom is 0.241 e. The molecule has 4 N–H and O–H groups in total. The molecule has 0 aliphatic heterocycles. The van der Waals surface area contributed by atoms with E-state index < -0.39 is 16.1 Å². The summed E-state index contributed by atoms with van der Waals surface area (Å²) in [6, 6.07) is 6.06. The number of nitrogens with one attached hydrogen (secondary N) is 1. The number of hydrogen-bond acceptors (Lipinski definition) is 4. The number of benzene rings is 1. The van der Waals surface area contributed by atoms with Gasteiger partial charge in [0.25, 0.3) is 0 Å². The van der Waals surface area contributed by atoms with Crippen LogP contribution in [0.15, 0.2) is 34.3 Å². The van der Waals surface area contributed by atoms with Gasteiger partial charge in [-0.25, -0.2) is 13.1 Å². The lowest BCUT2D eigenvalue weighted by Gasteiger charge is -2.17. The quantitative estimate of drug-likeness (QED) is 0.322. The Morgan fingerprint density at radius 1 is 1.47 bits per heavy atom. The predicted octanol–water partition coefficient (Wildman–Crippen LogP) is 0.798. The molecule has 7 heteroatoms. The molecule has 1 atom stereocenters. The van der Waals surface area contributed by atoms with Crippen molar-refractivity contribution in [2.45, 2.75) is 30.7 Å². The lowest BCUT2D eigenvalue weighted by Crippen LogP contribution is -2.46. The molecule has 1 aromatic carbocycles. The fraction of sp³-hybridized carbons (Fsp3) is 0.417. The van der Waals surface area contributed by atoms with E-state index in [0.29, 0.717) is 5.56 Å². The lowest BCUT2D eigenvalue weighted by atomic mass is 10.2. The van der Waals surface area contributed by atoms with Gasteiger partial charge in [0.15, 0.2) is 5.84 Å². The molecule has 2 rings (SSSR count). The third kappa shape index (κ3) is 3.05. The zero-order chi connectivity index (χ0) is 14.0. The first-order valence-electron chi connectivity index (χ1n) is 6.01. The Morgan fingerprint density at radius 3 is 2.63 bits per heavy atom. The molecule has 1 unspecified atom stereocenters. The van der Waals surface area contributed by atoms with E-state index in [1.165, 1.54) is 6.07 Å². The third-order valence-electron chi connectivity index (χ3n) is 3.19. The minimum Gasteiger partial charge on any atom is -0.409 e. The highest BCUT2D eigenvalue weighted by Gasteiger charge is 2.37. The van der Waals surface area contributed by atoms with Crippen LogP contribution in [-0.4, -0.2) is 25.5 Å². The average Bonchev–Trinajstić information content (AvgIpc) is 3.19. The van der Waals surface area contributed by atoms with Gasteiger partial charge in [-0.3, -0.25) is 0 Å². The lowest BCUT2D eigenvalue weighted by molar-refractivity contribution is 0.314. The maximum absolute atomic E-state index is 12.3. The van der Waals surface area contributed by atoms with Crippen molar-refractivity contribution >= 4 is 15.9 Å². The van der Waals surface area contributed by atoms with Crippen molar-refractivity contribution < 1.29 is 13.6 Å². The summed E-state index contributed by atoms with van der Waals surface area (Å²) < 4.78 is 27.1. The van der Waals surface area contributed by atoms with Gasteiger partial charge in [0.2, 0.25) is 10.0 Å². The summed E-state index contributed by atoms with van der Waals surface area (Å²) in [7, 11) is -3.67. The number of amidine groups is 1. The van der Waals surface area contributed by atoms with Gasteiger partial charge in [0.05, 0.1) is 10.9 Å². The van der Waals surface area contributed by atoms with Gasteiger partial charge < -0.3 is 10.9 Å². The number of nitrogens with two attached hydrogens (primary N) is 1. The van der Waals surface area contributed by atoms with Crippen LogP contribution >= 0.6 is 0 Å². The number of nitrogens with zero attached hydrogens (tertiary/aromatic N) is 1. The summed E-state index contributed by atoms with van der Waals surface area (Å²) >= 11 is 0. The molecule has 0 bridgehead atoms. The summed E-state index contributed by atoms with van der Waals surface area (Å²) in [5.41, 5.74) is 6.21. The SMILES string of the molecule is Cc1ccccc1S(=O)(=O)NC(C(N)=NO)C1CC1. The number of aryl methyl sites for hydroxylation is 1.